The summed E-state index contributed by atoms with van der Waals surface area (Å²) in [7, 11) is 0. The van der Waals surface area contributed by atoms with Crippen molar-refractivity contribution in [2.75, 3.05) is 6.61 Å². The first-order valence-electron chi connectivity index (χ1n) is 4.08. The molecule has 64 valence electrons. The fourth-order valence-corrected chi connectivity index (χ4v) is 1.55. The summed E-state index contributed by atoms with van der Waals surface area (Å²) in [6, 6.07) is 0. The highest BCUT2D eigenvalue weighted by molar-refractivity contribution is 5.70. The minimum atomic E-state index is -0.674. The van der Waals surface area contributed by atoms with Crippen LogP contribution in [0.1, 0.15) is 26.2 Å². The third-order valence-electron chi connectivity index (χ3n) is 2.14. The van der Waals surface area contributed by atoms with Crippen LogP contribution < -0.4 is 0 Å². The summed E-state index contributed by atoms with van der Waals surface area (Å²) in [6.45, 7) is 2.63. The molecule has 0 aromatic carbocycles. The molecule has 0 radical (unpaired) electrons. The number of carbonyl (C=O) groups is 1. The highest BCUT2D eigenvalue weighted by atomic mass is 16.5. The average molecular weight is 158 g/mol. The van der Waals surface area contributed by atoms with E-state index in [0.717, 1.165) is 12.8 Å². The lowest BCUT2D eigenvalue weighted by atomic mass is 10.1. The van der Waals surface area contributed by atoms with Crippen LogP contribution in [0.2, 0.25) is 0 Å². The van der Waals surface area contributed by atoms with Gasteiger partial charge in [0, 0.05) is 6.61 Å². The Kier molecular flexibility index (Phi) is 2.88. The Morgan fingerprint density at radius 1 is 1.64 bits per heavy atom. The summed E-state index contributed by atoms with van der Waals surface area (Å²) in [5.74, 6) is -0.834. The molecule has 11 heavy (non-hydrogen) atoms. The zero-order valence-corrected chi connectivity index (χ0v) is 6.75. The lowest BCUT2D eigenvalue weighted by Crippen LogP contribution is -2.13. The second-order valence-corrected chi connectivity index (χ2v) is 2.93. The highest BCUT2D eigenvalue weighted by Crippen LogP contribution is 2.27. The Morgan fingerprint density at radius 2 is 2.36 bits per heavy atom. The molecule has 2 atom stereocenters. The first kappa shape index (κ1) is 8.53. The van der Waals surface area contributed by atoms with Gasteiger partial charge in [0.1, 0.15) is 0 Å². The molecule has 0 saturated heterocycles. The number of hydrogen-bond acceptors (Lipinski definition) is 2. The van der Waals surface area contributed by atoms with Gasteiger partial charge in [-0.2, -0.15) is 0 Å². The van der Waals surface area contributed by atoms with Gasteiger partial charge in [-0.15, -0.1) is 0 Å². The fraction of sp³-hybridized carbons (Fsp3) is 0.875. The zero-order valence-electron chi connectivity index (χ0n) is 6.75. The quantitative estimate of drug-likeness (QED) is 0.673. The predicted octanol–water partition coefficient (Wildman–Crippen LogP) is 1.28. The van der Waals surface area contributed by atoms with E-state index in [0.29, 0.717) is 13.0 Å². The first-order valence-corrected chi connectivity index (χ1v) is 4.08. The van der Waals surface area contributed by atoms with Gasteiger partial charge in [-0.3, -0.25) is 4.79 Å². The number of ether oxygens (including phenoxy) is 1. The molecule has 0 aromatic heterocycles. The van der Waals surface area contributed by atoms with Gasteiger partial charge >= 0.3 is 5.97 Å². The lowest BCUT2D eigenvalue weighted by molar-refractivity contribution is -0.141. The minimum absolute atomic E-state index is 0.161. The molecule has 3 nitrogen and oxygen atoms in total. The van der Waals surface area contributed by atoms with Gasteiger partial charge in [0.15, 0.2) is 0 Å². The summed E-state index contributed by atoms with van der Waals surface area (Å²) in [5.41, 5.74) is 0. The number of carboxylic acids is 1. The second kappa shape index (κ2) is 3.72. The van der Waals surface area contributed by atoms with E-state index in [1.165, 1.54) is 0 Å². The van der Waals surface area contributed by atoms with Gasteiger partial charge in [-0.25, -0.2) is 0 Å². The first-order chi connectivity index (χ1) is 5.24. The van der Waals surface area contributed by atoms with Crippen molar-refractivity contribution < 1.29 is 14.6 Å². The molecule has 0 spiro atoms. The van der Waals surface area contributed by atoms with Crippen molar-refractivity contribution in [1.29, 1.82) is 0 Å². The SMILES string of the molecule is CCOC1CC[C@H](C(=O)O)C1. The van der Waals surface area contributed by atoms with E-state index in [4.69, 9.17) is 9.84 Å². The summed E-state index contributed by atoms with van der Waals surface area (Å²) in [5, 5.41) is 8.64. The zero-order chi connectivity index (χ0) is 8.27. The Balaban J connectivity index is 2.29. The van der Waals surface area contributed by atoms with Crippen LogP contribution in [0.4, 0.5) is 0 Å². The van der Waals surface area contributed by atoms with Crippen molar-refractivity contribution in [3.05, 3.63) is 0 Å². The fourth-order valence-electron chi connectivity index (χ4n) is 1.55. The molecule has 0 aromatic rings. The smallest absolute Gasteiger partial charge is 0.306 e. The van der Waals surface area contributed by atoms with E-state index in [1.807, 2.05) is 6.92 Å². The van der Waals surface area contributed by atoms with Crippen LogP contribution in [0, 0.1) is 5.92 Å². The summed E-state index contributed by atoms with van der Waals surface area (Å²) in [6.07, 6.45) is 2.58. The van der Waals surface area contributed by atoms with Crippen LogP contribution in [0.5, 0.6) is 0 Å². The maximum atomic E-state index is 10.5. The second-order valence-electron chi connectivity index (χ2n) is 2.93. The molecule has 1 saturated carbocycles. The molecule has 1 aliphatic carbocycles. The van der Waals surface area contributed by atoms with Crippen molar-refractivity contribution in [2.45, 2.75) is 32.3 Å². The van der Waals surface area contributed by atoms with Crippen molar-refractivity contribution in [1.82, 2.24) is 0 Å². The Hall–Kier alpha value is -0.570. The molecule has 1 unspecified atom stereocenters. The van der Waals surface area contributed by atoms with Gasteiger partial charge < -0.3 is 9.84 Å². The molecule has 0 bridgehead atoms. The Labute approximate surface area is 66.4 Å². The van der Waals surface area contributed by atoms with Crippen LogP contribution in [0.15, 0.2) is 0 Å². The number of aliphatic carboxylic acids is 1. The van der Waals surface area contributed by atoms with E-state index in [9.17, 15) is 4.79 Å². The van der Waals surface area contributed by atoms with E-state index in [2.05, 4.69) is 0 Å². The third kappa shape index (κ3) is 2.19. The van der Waals surface area contributed by atoms with Crippen LogP contribution in [0.25, 0.3) is 0 Å². The van der Waals surface area contributed by atoms with Gasteiger partial charge in [-0.1, -0.05) is 0 Å². The Bertz CT molecular complexity index is 144. The van der Waals surface area contributed by atoms with Gasteiger partial charge in [0.05, 0.1) is 12.0 Å². The van der Waals surface area contributed by atoms with E-state index < -0.39 is 5.97 Å². The van der Waals surface area contributed by atoms with Crippen LogP contribution in [-0.4, -0.2) is 23.8 Å². The summed E-state index contributed by atoms with van der Waals surface area (Å²) < 4.78 is 5.32. The number of rotatable bonds is 3. The standard InChI is InChI=1S/C8H14O3/c1-2-11-7-4-3-6(5-7)8(9)10/h6-7H,2-5H2,1H3,(H,9,10)/t6-,7?/m0/s1. The topological polar surface area (TPSA) is 46.5 Å². The third-order valence-corrected chi connectivity index (χ3v) is 2.14. The number of hydrogen-bond donors (Lipinski definition) is 1. The predicted molar refractivity (Wildman–Crippen MR) is 40.4 cm³/mol. The highest BCUT2D eigenvalue weighted by Gasteiger charge is 2.29. The molecule has 1 aliphatic rings. The molecule has 1 rings (SSSR count). The van der Waals surface area contributed by atoms with Gasteiger partial charge in [0.2, 0.25) is 0 Å². The largest absolute Gasteiger partial charge is 0.481 e. The van der Waals surface area contributed by atoms with Gasteiger partial charge in [-0.05, 0) is 26.2 Å². The molecule has 1 N–H and O–H groups in total. The number of carboxylic acid groups (broad SMARTS) is 1. The van der Waals surface area contributed by atoms with Crippen molar-refractivity contribution >= 4 is 5.97 Å². The van der Waals surface area contributed by atoms with E-state index in [1.54, 1.807) is 0 Å². The maximum absolute atomic E-state index is 10.5. The van der Waals surface area contributed by atoms with Crippen LogP contribution in [0.3, 0.4) is 0 Å². The molecule has 0 aliphatic heterocycles. The molecular weight excluding hydrogens is 144 g/mol. The maximum Gasteiger partial charge on any atom is 0.306 e. The molecule has 3 heteroatoms. The average Bonchev–Trinajstić information content (AvgIpc) is 2.37. The van der Waals surface area contributed by atoms with E-state index in [-0.39, 0.29) is 12.0 Å². The van der Waals surface area contributed by atoms with E-state index >= 15 is 0 Å². The minimum Gasteiger partial charge on any atom is -0.481 e. The lowest BCUT2D eigenvalue weighted by Gasteiger charge is -2.08. The summed E-state index contributed by atoms with van der Waals surface area (Å²) in [4.78, 5) is 10.5. The summed E-state index contributed by atoms with van der Waals surface area (Å²) >= 11 is 0. The molecular formula is C8H14O3. The molecule has 0 heterocycles. The van der Waals surface area contributed by atoms with Gasteiger partial charge in [0.25, 0.3) is 0 Å². The van der Waals surface area contributed by atoms with Crippen LogP contribution >= 0.6 is 0 Å². The molecule has 0 amide bonds. The Morgan fingerprint density at radius 3 is 2.82 bits per heavy atom. The van der Waals surface area contributed by atoms with Crippen molar-refractivity contribution in [3.63, 3.8) is 0 Å². The molecule has 1 fully saturated rings. The monoisotopic (exact) mass is 158 g/mol. The van der Waals surface area contributed by atoms with Crippen molar-refractivity contribution in [2.24, 2.45) is 5.92 Å². The van der Waals surface area contributed by atoms with Crippen LogP contribution in [-0.2, 0) is 9.53 Å². The van der Waals surface area contributed by atoms with Crippen molar-refractivity contribution in [3.8, 4) is 0 Å². The normalized spacial score (nSPS) is 30.6.